The molecule has 3 aromatic heterocycles. The molecule has 5 heterocycles. The predicted octanol–water partition coefficient (Wildman–Crippen LogP) is 7.12. The van der Waals surface area contributed by atoms with Crippen molar-refractivity contribution in [2.75, 3.05) is 63.7 Å². The van der Waals surface area contributed by atoms with E-state index in [1.54, 1.807) is 31.6 Å². The topological polar surface area (TPSA) is 172 Å². The second kappa shape index (κ2) is 23.4. The van der Waals surface area contributed by atoms with E-state index >= 15 is 0 Å². The summed E-state index contributed by atoms with van der Waals surface area (Å²) in [6, 6.07) is 16.0. The Kier molecular flexibility index (Phi) is 18.1. The lowest BCUT2D eigenvalue weighted by atomic mass is 9.74. The maximum atomic E-state index is 12.6. The van der Waals surface area contributed by atoms with Gasteiger partial charge < -0.3 is 34.6 Å². The third-order valence-corrected chi connectivity index (χ3v) is 12.2. The van der Waals surface area contributed by atoms with Crippen LogP contribution in [0.15, 0.2) is 67.1 Å². The Morgan fingerprint density at radius 2 is 1.74 bits per heavy atom. The van der Waals surface area contributed by atoms with Gasteiger partial charge in [-0.1, -0.05) is 48.1 Å². The van der Waals surface area contributed by atoms with Crippen LogP contribution in [-0.4, -0.2) is 115 Å². The minimum atomic E-state index is -0.142. The van der Waals surface area contributed by atoms with Gasteiger partial charge in [0.2, 0.25) is 6.41 Å². The number of aldehydes is 1. The van der Waals surface area contributed by atoms with Crippen molar-refractivity contribution in [3.8, 4) is 17.0 Å². The number of aromatic amines is 1. The predicted molar refractivity (Wildman–Crippen MR) is 246 cm³/mol. The van der Waals surface area contributed by atoms with E-state index in [0.717, 1.165) is 83.7 Å². The Labute approximate surface area is 377 Å². The molecule has 2 aliphatic heterocycles. The first-order valence-electron chi connectivity index (χ1n) is 20.3. The molecule has 62 heavy (non-hydrogen) atoms. The Hall–Kier alpha value is -5.06. The number of anilines is 1. The highest BCUT2D eigenvalue weighted by Crippen LogP contribution is 2.44. The minimum Gasteiger partial charge on any atom is -0.491 e. The molecule has 17 heteroatoms. The number of halogens is 2. The molecule has 330 valence electrons. The van der Waals surface area contributed by atoms with Crippen molar-refractivity contribution >= 4 is 77.3 Å². The highest BCUT2D eigenvalue weighted by Gasteiger charge is 2.52. The first kappa shape index (κ1) is 48.0. The second-order valence-electron chi connectivity index (χ2n) is 15.4. The molecule has 5 aromatic rings. The van der Waals surface area contributed by atoms with E-state index in [-0.39, 0.29) is 17.9 Å². The standard InChI is InChI=1S/C42H47Cl2N7O4S.C2H5NO.CH2O/c1-27-18-32(8-9-33(27)41(53)47-29(3)5-4-12-52)55-14-13-54-15-16-56-51-25-42(26-51)23-50(24-42)38-11-7-31(20-46-38)40-34-19-30(6-10-37(34)48-49-40)17-28(2)39-35(43)21-45-22-36(39)44;1-3-2-4;1-2/h6-12,18-22,28-29H,4-5,13-17,23-26H2,1-3H3,(H,47,53)(H,48,49);2H,1H3,(H,3,4);1H2/t28-,29?;;/m0../s1. The number of pyridine rings is 2. The zero-order valence-corrected chi connectivity index (χ0v) is 37.8. The molecular formula is C45H54Cl2N8O6S. The minimum absolute atomic E-state index is 0.0639. The number of benzene rings is 2. The van der Waals surface area contributed by atoms with Crippen LogP contribution in [0.25, 0.3) is 22.2 Å². The zero-order valence-electron chi connectivity index (χ0n) is 35.5. The number of H-pyrrole nitrogens is 1. The average molecular weight is 906 g/mol. The highest BCUT2D eigenvalue weighted by atomic mass is 35.5. The van der Waals surface area contributed by atoms with Gasteiger partial charge in [0.05, 0.1) is 28.8 Å². The molecule has 2 aromatic carbocycles. The molecule has 1 spiro atoms. The van der Waals surface area contributed by atoms with Crippen molar-refractivity contribution < 1.29 is 28.7 Å². The van der Waals surface area contributed by atoms with Crippen molar-refractivity contribution in [1.82, 2.24) is 35.1 Å². The number of rotatable bonds is 19. The molecule has 1 unspecified atom stereocenters. The van der Waals surface area contributed by atoms with Gasteiger partial charge in [0.1, 0.15) is 36.9 Å². The summed E-state index contributed by atoms with van der Waals surface area (Å²) in [6.07, 6.45) is 8.54. The Morgan fingerprint density at radius 3 is 2.40 bits per heavy atom. The Morgan fingerprint density at radius 1 is 1.00 bits per heavy atom. The van der Waals surface area contributed by atoms with E-state index < -0.39 is 0 Å². The van der Waals surface area contributed by atoms with Gasteiger partial charge in [-0.2, -0.15) is 5.10 Å². The molecular weight excluding hydrogens is 852 g/mol. The number of ether oxygens (including phenoxy) is 2. The molecule has 2 amide bonds. The van der Waals surface area contributed by atoms with E-state index in [1.165, 1.54) is 5.56 Å². The average Bonchev–Trinajstić information content (AvgIpc) is 3.66. The van der Waals surface area contributed by atoms with Gasteiger partial charge in [0.15, 0.2) is 0 Å². The number of nitrogens with zero attached hydrogens (tertiary/aromatic N) is 5. The number of aryl methyl sites for hydroxylation is 1. The molecule has 2 saturated heterocycles. The fourth-order valence-corrected chi connectivity index (χ4v) is 9.52. The number of carbonyl (C=O) groups excluding carboxylic acids is 4. The third kappa shape index (κ3) is 12.5. The summed E-state index contributed by atoms with van der Waals surface area (Å²) in [6.45, 7) is 13.7. The highest BCUT2D eigenvalue weighted by molar-refractivity contribution is 7.97. The fraction of sp³-hybridized carbons (Fsp3) is 0.400. The molecule has 0 radical (unpaired) electrons. The summed E-state index contributed by atoms with van der Waals surface area (Å²) < 4.78 is 14.1. The number of nitrogens with one attached hydrogen (secondary N) is 3. The van der Waals surface area contributed by atoms with Crippen LogP contribution in [-0.2, 0) is 25.5 Å². The van der Waals surface area contributed by atoms with Crippen molar-refractivity contribution in [3.63, 3.8) is 0 Å². The smallest absolute Gasteiger partial charge is 0.251 e. The molecule has 14 nitrogen and oxygen atoms in total. The van der Waals surface area contributed by atoms with Crippen molar-refractivity contribution in [2.24, 2.45) is 5.41 Å². The monoisotopic (exact) mass is 904 g/mol. The summed E-state index contributed by atoms with van der Waals surface area (Å²) in [5.74, 6) is 2.58. The number of aromatic nitrogens is 4. The Balaban J connectivity index is 0.00000114. The van der Waals surface area contributed by atoms with E-state index in [2.05, 4.69) is 72.3 Å². The van der Waals surface area contributed by atoms with Crippen LogP contribution in [0.5, 0.6) is 5.75 Å². The van der Waals surface area contributed by atoms with Gasteiger partial charge in [-0.05, 0) is 91.8 Å². The van der Waals surface area contributed by atoms with E-state index in [0.29, 0.717) is 65.8 Å². The lowest BCUT2D eigenvalue weighted by Crippen LogP contribution is -2.70. The molecule has 2 aliphatic rings. The summed E-state index contributed by atoms with van der Waals surface area (Å²) in [4.78, 5) is 51.5. The number of hydrogen-bond donors (Lipinski definition) is 3. The van der Waals surface area contributed by atoms with Crippen LogP contribution in [0.2, 0.25) is 10.0 Å². The van der Waals surface area contributed by atoms with Crippen molar-refractivity contribution in [1.29, 1.82) is 0 Å². The maximum absolute atomic E-state index is 12.6. The fourth-order valence-electron chi connectivity index (χ4n) is 7.61. The lowest BCUT2D eigenvalue weighted by molar-refractivity contribution is -0.109. The molecule has 2 atom stereocenters. The molecule has 0 aliphatic carbocycles. The summed E-state index contributed by atoms with van der Waals surface area (Å²) in [5.41, 5.74) is 6.72. The first-order chi connectivity index (χ1) is 30.0. The van der Waals surface area contributed by atoms with Crippen LogP contribution < -0.4 is 20.3 Å². The van der Waals surface area contributed by atoms with Gasteiger partial charge in [0.25, 0.3) is 5.91 Å². The second-order valence-corrected chi connectivity index (χ2v) is 17.4. The van der Waals surface area contributed by atoms with Crippen LogP contribution in [0.3, 0.4) is 0 Å². The van der Waals surface area contributed by atoms with Gasteiger partial charge in [0, 0.05) is 92.0 Å². The third-order valence-electron chi connectivity index (χ3n) is 10.6. The van der Waals surface area contributed by atoms with E-state index in [1.807, 2.05) is 44.8 Å². The Bertz CT molecular complexity index is 2230. The molecule has 7 rings (SSSR count). The summed E-state index contributed by atoms with van der Waals surface area (Å²) in [5, 5.41) is 15.2. The number of fused-ring (bicyclic) bond motifs is 1. The van der Waals surface area contributed by atoms with Crippen LogP contribution in [0.4, 0.5) is 5.82 Å². The molecule has 0 bridgehead atoms. The number of amides is 2. The van der Waals surface area contributed by atoms with Crippen molar-refractivity contribution in [3.05, 3.63) is 99.4 Å². The quantitative estimate of drug-likeness (QED) is 0.0436. The van der Waals surface area contributed by atoms with Gasteiger partial charge in [-0.3, -0.25) is 19.7 Å². The zero-order chi connectivity index (χ0) is 44.6. The number of hydrogen-bond acceptors (Lipinski definition) is 12. The van der Waals surface area contributed by atoms with Gasteiger partial charge in [-0.15, -0.1) is 0 Å². The normalized spacial score (nSPS) is 14.8. The van der Waals surface area contributed by atoms with Crippen LogP contribution in [0.1, 0.15) is 59.7 Å². The lowest BCUT2D eigenvalue weighted by Gasteiger charge is -2.60. The SMILES string of the molecule is C=O.CNC=O.Cc1cc(OCCOCCSN2CC3(C2)CN(c2ccc(-c4n[nH]c5ccc(C[C@H](C)c6c(Cl)cncc6Cl)cc45)cn2)C3)ccc1C(=O)NC(C)CCC=O. The largest absolute Gasteiger partial charge is 0.491 e. The molecule has 2 fully saturated rings. The van der Waals surface area contributed by atoms with Gasteiger partial charge in [-0.25, -0.2) is 9.29 Å². The molecule has 3 N–H and O–H groups in total. The first-order valence-corrected chi connectivity index (χ1v) is 22.0. The summed E-state index contributed by atoms with van der Waals surface area (Å²) in [7, 11) is 1.56. The van der Waals surface area contributed by atoms with Crippen molar-refractivity contribution in [2.45, 2.75) is 52.0 Å². The maximum Gasteiger partial charge on any atom is 0.251 e. The van der Waals surface area contributed by atoms with E-state index in [9.17, 15) is 9.59 Å². The molecule has 0 saturated carbocycles. The number of carbonyl (C=O) groups is 4. The summed E-state index contributed by atoms with van der Waals surface area (Å²) >= 11 is 14.7. The van der Waals surface area contributed by atoms with Crippen LogP contribution >= 0.6 is 35.1 Å². The van der Waals surface area contributed by atoms with Gasteiger partial charge >= 0.3 is 0 Å². The van der Waals surface area contributed by atoms with E-state index in [4.69, 9.17) is 47.2 Å². The van der Waals surface area contributed by atoms with Crippen LogP contribution in [0, 0.1) is 12.3 Å².